The highest BCUT2D eigenvalue weighted by molar-refractivity contribution is 5.91. The van der Waals surface area contributed by atoms with Crippen molar-refractivity contribution < 1.29 is 9.53 Å². The van der Waals surface area contributed by atoms with Gasteiger partial charge >= 0.3 is 0 Å². The van der Waals surface area contributed by atoms with Gasteiger partial charge in [0.15, 0.2) is 11.4 Å². The maximum atomic E-state index is 11.6. The maximum absolute atomic E-state index is 11.6. The molecule has 0 aromatic carbocycles. The van der Waals surface area contributed by atoms with Gasteiger partial charge in [-0.2, -0.15) is 0 Å². The van der Waals surface area contributed by atoms with E-state index in [2.05, 4.69) is 19.9 Å². The lowest BCUT2D eigenvalue weighted by Gasteiger charge is -2.18. The van der Waals surface area contributed by atoms with Crippen molar-refractivity contribution >= 4 is 5.78 Å². The average molecular weight is 166 g/mol. The molecule has 0 saturated carbocycles. The number of hydrogen-bond donors (Lipinski definition) is 0. The molecule has 2 atom stereocenters. The van der Waals surface area contributed by atoms with E-state index in [0.717, 1.165) is 0 Å². The maximum Gasteiger partial charge on any atom is 0.168 e. The Balaban J connectivity index is 2.29. The van der Waals surface area contributed by atoms with Crippen molar-refractivity contribution in [3.05, 3.63) is 12.2 Å². The Morgan fingerprint density at radius 3 is 2.83 bits per heavy atom. The van der Waals surface area contributed by atoms with Gasteiger partial charge in [0, 0.05) is 6.42 Å². The fraction of sp³-hybridized carbons (Fsp3) is 0.700. The third-order valence-electron chi connectivity index (χ3n) is 2.75. The monoisotopic (exact) mass is 166 g/mol. The summed E-state index contributed by atoms with van der Waals surface area (Å²) in [6, 6.07) is 0. The largest absolute Gasteiger partial charge is 0.354 e. The van der Waals surface area contributed by atoms with Crippen molar-refractivity contribution in [3.63, 3.8) is 0 Å². The lowest BCUT2D eigenvalue weighted by molar-refractivity contribution is -0.124. The van der Waals surface area contributed by atoms with Gasteiger partial charge in [-0.25, -0.2) is 0 Å². The van der Waals surface area contributed by atoms with Crippen LogP contribution >= 0.6 is 0 Å². The molecule has 0 aromatic heterocycles. The number of epoxide rings is 1. The summed E-state index contributed by atoms with van der Waals surface area (Å²) in [6.07, 6.45) is 4.75. The topological polar surface area (TPSA) is 29.6 Å². The third kappa shape index (κ3) is 1.02. The van der Waals surface area contributed by atoms with Crippen molar-refractivity contribution in [1.82, 2.24) is 0 Å². The molecule has 2 rings (SSSR count). The first-order chi connectivity index (χ1) is 5.44. The number of ether oxygens (including phenoxy) is 1. The van der Waals surface area contributed by atoms with Gasteiger partial charge in [-0.15, -0.1) is 0 Å². The van der Waals surface area contributed by atoms with Crippen molar-refractivity contribution in [3.8, 4) is 0 Å². The molecular weight excluding hydrogens is 152 g/mol. The molecule has 1 aliphatic carbocycles. The van der Waals surface area contributed by atoms with E-state index in [0.29, 0.717) is 6.42 Å². The summed E-state index contributed by atoms with van der Waals surface area (Å²) in [5.41, 5.74) is -0.471. The quantitative estimate of drug-likeness (QED) is 0.405. The van der Waals surface area contributed by atoms with Crippen LogP contribution in [-0.4, -0.2) is 17.5 Å². The number of fused-ring (bicyclic) bond motifs is 1. The van der Waals surface area contributed by atoms with Crippen LogP contribution in [0.25, 0.3) is 0 Å². The highest BCUT2D eigenvalue weighted by atomic mass is 16.6. The highest BCUT2D eigenvalue weighted by Crippen LogP contribution is 2.44. The summed E-state index contributed by atoms with van der Waals surface area (Å²) in [5.74, 6) is 0.238. The normalized spacial score (nSPS) is 43.6. The van der Waals surface area contributed by atoms with Crippen LogP contribution in [0, 0.1) is 5.41 Å². The van der Waals surface area contributed by atoms with E-state index in [1.54, 1.807) is 0 Å². The van der Waals surface area contributed by atoms with E-state index in [1.807, 2.05) is 13.0 Å². The van der Waals surface area contributed by atoms with Crippen LogP contribution in [0.3, 0.4) is 0 Å². The first kappa shape index (κ1) is 7.99. The molecule has 12 heavy (non-hydrogen) atoms. The first-order valence-electron chi connectivity index (χ1n) is 4.35. The molecule has 0 N–H and O–H groups in total. The molecule has 1 saturated heterocycles. The Bertz CT molecular complexity index is 265. The second-order valence-corrected chi connectivity index (χ2v) is 4.59. The van der Waals surface area contributed by atoms with Gasteiger partial charge in [0.05, 0.1) is 0 Å². The van der Waals surface area contributed by atoms with Gasteiger partial charge in [-0.1, -0.05) is 26.0 Å². The van der Waals surface area contributed by atoms with Gasteiger partial charge in [-0.05, 0) is 12.3 Å². The number of rotatable bonds is 0. The van der Waals surface area contributed by atoms with Crippen LogP contribution in [0.5, 0.6) is 0 Å². The number of ketones is 1. The summed E-state index contributed by atoms with van der Waals surface area (Å²) < 4.78 is 5.31. The van der Waals surface area contributed by atoms with Crippen molar-refractivity contribution in [2.24, 2.45) is 5.41 Å². The molecule has 0 bridgehead atoms. The Kier molecular flexibility index (Phi) is 1.33. The Labute approximate surface area is 72.6 Å². The van der Waals surface area contributed by atoms with Crippen molar-refractivity contribution in [1.29, 1.82) is 0 Å². The molecule has 2 aliphatic rings. The minimum atomic E-state index is -0.482. The first-order valence-corrected chi connectivity index (χ1v) is 4.35. The van der Waals surface area contributed by atoms with Crippen LogP contribution in [0.4, 0.5) is 0 Å². The smallest absolute Gasteiger partial charge is 0.168 e. The summed E-state index contributed by atoms with van der Waals surface area (Å²) >= 11 is 0. The fourth-order valence-corrected chi connectivity index (χ4v) is 1.67. The zero-order valence-corrected chi connectivity index (χ0v) is 7.76. The molecule has 2 unspecified atom stereocenters. The average Bonchev–Trinajstić information content (AvgIpc) is 2.58. The second-order valence-electron chi connectivity index (χ2n) is 4.59. The number of allylic oxidation sites excluding steroid dienone is 1. The highest BCUT2D eigenvalue weighted by Gasteiger charge is 2.58. The Hall–Kier alpha value is -0.630. The van der Waals surface area contributed by atoms with Gasteiger partial charge < -0.3 is 4.74 Å². The molecule has 2 nitrogen and oxygen atoms in total. The lowest BCUT2D eigenvalue weighted by Crippen LogP contribution is -2.25. The molecule has 0 spiro atoms. The van der Waals surface area contributed by atoms with E-state index in [4.69, 9.17) is 4.74 Å². The molecule has 0 amide bonds. The SMILES string of the molecule is CC1(C)C=CC2OC2(C)C(=O)C1. The molecule has 0 aromatic rings. The number of hydrogen-bond acceptors (Lipinski definition) is 2. The zero-order chi connectivity index (χ0) is 8.98. The second kappa shape index (κ2) is 1.99. The number of Topliss-reactive ketones (excluding diaryl/α,β-unsaturated/α-hetero) is 1. The van der Waals surface area contributed by atoms with Gasteiger partial charge in [0.25, 0.3) is 0 Å². The number of carbonyl (C=O) groups excluding carboxylic acids is 1. The van der Waals surface area contributed by atoms with Gasteiger partial charge in [-0.3, -0.25) is 4.79 Å². The van der Waals surface area contributed by atoms with E-state index < -0.39 is 5.60 Å². The fourth-order valence-electron chi connectivity index (χ4n) is 1.67. The summed E-state index contributed by atoms with van der Waals surface area (Å²) in [4.78, 5) is 11.6. The van der Waals surface area contributed by atoms with Crippen LogP contribution in [-0.2, 0) is 9.53 Å². The summed E-state index contributed by atoms with van der Waals surface area (Å²) in [6.45, 7) is 6.04. The minimum Gasteiger partial charge on any atom is -0.354 e. The Morgan fingerprint density at radius 2 is 2.17 bits per heavy atom. The van der Waals surface area contributed by atoms with E-state index >= 15 is 0 Å². The van der Waals surface area contributed by atoms with Crippen molar-refractivity contribution in [2.75, 3.05) is 0 Å². The van der Waals surface area contributed by atoms with Gasteiger partial charge in [0.1, 0.15) is 6.10 Å². The van der Waals surface area contributed by atoms with Crippen LogP contribution in [0.2, 0.25) is 0 Å². The molecule has 1 aliphatic heterocycles. The number of carbonyl (C=O) groups is 1. The van der Waals surface area contributed by atoms with Crippen molar-refractivity contribution in [2.45, 2.75) is 38.9 Å². The molecule has 2 heteroatoms. The van der Waals surface area contributed by atoms with E-state index in [-0.39, 0.29) is 17.3 Å². The van der Waals surface area contributed by atoms with Gasteiger partial charge in [0.2, 0.25) is 0 Å². The molecule has 1 heterocycles. The predicted octanol–water partition coefficient (Wildman–Crippen LogP) is 1.70. The molecule has 1 fully saturated rings. The predicted molar refractivity (Wildman–Crippen MR) is 45.8 cm³/mol. The Morgan fingerprint density at radius 1 is 1.50 bits per heavy atom. The van der Waals surface area contributed by atoms with Crippen LogP contribution < -0.4 is 0 Å². The summed E-state index contributed by atoms with van der Waals surface area (Å²) in [7, 11) is 0. The molecular formula is C10H14O2. The lowest BCUT2D eigenvalue weighted by atomic mass is 9.86. The zero-order valence-electron chi connectivity index (χ0n) is 7.76. The minimum absolute atomic E-state index is 0.0108. The van der Waals surface area contributed by atoms with Crippen LogP contribution in [0.1, 0.15) is 27.2 Å². The molecule has 66 valence electrons. The standard InChI is InChI=1S/C10H14O2/c1-9(2)5-4-8-10(3,12-8)7(11)6-9/h4-5,8H,6H2,1-3H3. The van der Waals surface area contributed by atoms with E-state index in [1.165, 1.54) is 0 Å². The summed E-state index contributed by atoms with van der Waals surface area (Å²) in [5, 5.41) is 0. The van der Waals surface area contributed by atoms with Crippen LogP contribution in [0.15, 0.2) is 12.2 Å². The third-order valence-corrected chi connectivity index (χ3v) is 2.75. The molecule has 0 radical (unpaired) electrons. The van der Waals surface area contributed by atoms with E-state index in [9.17, 15) is 4.79 Å².